The first-order valence-corrected chi connectivity index (χ1v) is 11.3. The number of benzene rings is 2. The van der Waals surface area contributed by atoms with E-state index in [1.165, 1.54) is 24.0 Å². The Morgan fingerprint density at radius 1 is 1.10 bits per heavy atom. The monoisotopic (exact) mass is 413 g/mol. The van der Waals surface area contributed by atoms with Crippen LogP contribution in [0.25, 0.3) is 0 Å². The van der Waals surface area contributed by atoms with Crippen molar-refractivity contribution in [2.24, 2.45) is 5.92 Å². The molecular formula is C25H32ClNO2. The number of hydrogen-bond donors (Lipinski definition) is 0. The molecule has 1 aliphatic carbocycles. The molecule has 0 saturated carbocycles. The van der Waals surface area contributed by atoms with Crippen molar-refractivity contribution >= 4 is 23.2 Å². The van der Waals surface area contributed by atoms with Crippen molar-refractivity contribution in [2.45, 2.75) is 52.4 Å². The number of fused-ring (bicyclic) bond motifs is 1. The molecule has 0 radical (unpaired) electrons. The highest BCUT2D eigenvalue weighted by Crippen LogP contribution is 2.30. The average Bonchev–Trinajstić information content (AvgIpc) is 2.73. The highest BCUT2D eigenvalue weighted by atomic mass is 35.5. The topological polar surface area (TPSA) is 29.5 Å². The van der Waals surface area contributed by atoms with Gasteiger partial charge in [-0.25, -0.2) is 0 Å². The van der Waals surface area contributed by atoms with Gasteiger partial charge < -0.3 is 9.64 Å². The van der Waals surface area contributed by atoms with Crippen LogP contribution in [0.4, 0.5) is 5.69 Å². The summed E-state index contributed by atoms with van der Waals surface area (Å²) in [6.07, 6.45) is 5.94. The van der Waals surface area contributed by atoms with Crippen LogP contribution >= 0.6 is 11.6 Å². The van der Waals surface area contributed by atoms with E-state index in [4.69, 9.17) is 16.3 Å². The van der Waals surface area contributed by atoms with Gasteiger partial charge in [-0.05, 0) is 66.8 Å². The highest BCUT2D eigenvalue weighted by Gasteiger charge is 2.20. The van der Waals surface area contributed by atoms with Crippen LogP contribution in [0.1, 0.15) is 49.8 Å². The molecule has 1 aliphatic rings. The van der Waals surface area contributed by atoms with Crippen molar-refractivity contribution in [3.8, 4) is 5.75 Å². The van der Waals surface area contributed by atoms with E-state index in [0.717, 1.165) is 36.3 Å². The summed E-state index contributed by atoms with van der Waals surface area (Å²) in [6.45, 7) is 5.46. The lowest BCUT2D eigenvalue weighted by Crippen LogP contribution is -2.34. The maximum Gasteiger partial charge on any atom is 0.231 e. The molecule has 0 N–H and O–H groups in total. The molecule has 2 aromatic carbocycles. The fourth-order valence-corrected chi connectivity index (χ4v) is 3.94. The van der Waals surface area contributed by atoms with Crippen LogP contribution in [0.15, 0.2) is 42.5 Å². The van der Waals surface area contributed by atoms with Gasteiger partial charge in [-0.2, -0.15) is 0 Å². The van der Waals surface area contributed by atoms with Gasteiger partial charge in [0, 0.05) is 12.4 Å². The third-order valence-corrected chi connectivity index (χ3v) is 5.58. The van der Waals surface area contributed by atoms with Crippen LogP contribution < -0.4 is 9.64 Å². The standard InChI is InChI=1S/C25H32ClNO2/c1-19(2)18-29-24-11-6-5-10-23(24)27(15-7-14-26)25(28)17-20-12-13-21-8-3-4-9-22(21)16-20/h5-6,10-13,16,19H,3-4,7-9,14-15,17-18H2,1-2H3. The van der Waals surface area contributed by atoms with E-state index in [2.05, 4.69) is 32.0 Å². The zero-order chi connectivity index (χ0) is 20.6. The zero-order valence-corrected chi connectivity index (χ0v) is 18.4. The minimum absolute atomic E-state index is 0.0893. The molecule has 3 nitrogen and oxygen atoms in total. The lowest BCUT2D eigenvalue weighted by molar-refractivity contribution is -0.118. The first-order valence-electron chi connectivity index (χ1n) is 10.8. The molecule has 0 unspecified atom stereocenters. The normalized spacial score (nSPS) is 13.2. The van der Waals surface area contributed by atoms with E-state index in [0.29, 0.717) is 31.4 Å². The van der Waals surface area contributed by atoms with Crippen molar-refractivity contribution in [1.82, 2.24) is 0 Å². The fraction of sp³-hybridized carbons (Fsp3) is 0.480. The minimum Gasteiger partial charge on any atom is -0.491 e. The van der Waals surface area contributed by atoms with Crippen molar-refractivity contribution in [3.63, 3.8) is 0 Å². The first-order chi connectivity index (χ1) is 14.1. The Morgan fingerprint density at radius 3 is 2.62 bits per heavy atom. The quantitative estimate of drug-likeness (QED) is 0.486. The Bertz CT molecular complexity index is 818. The van der Waals surface area contributed by atoms with E-state index in [9.17, 15) is 4.79 Å². The third kappa shape index (κ3) is 5.99. The van der Waals surface area contributed by atoms with E-state index < -0.39 is 0 Å². The number of halogens is 1. The van der Waals surface area contributed by atoms with E-state index in [1.807, 2.05) is 29.2 Å². The average molecular weight is 414 g/mol. The number of alkyl halides is 1. The van der Waals surface area contributed by atoms with Crippen molar-refractivity contribution in [3.05, 3.63) is 59.2 Å². The fourth-order valence-electron chi connectivity index (χ4n) is 3.82. The Hall–Kier alpha value is -2.00. The Balaban J connectivity index is 1.80. The number of carbonyl (C=O) groups excluding carboxylic acids is 1. The van der Waals surface area contributed by atoms with E-state index >= 15 is 0 Å². The highest BCUT2D eigenvalue weighted by molar-refractivity contribution is 6.17. The van der Waals surface area contributed by atoms with Crippen LogP contribution in [0, 0.1) is 5.92 Å². The van der Waals surface area contributed by atoms with Crippen molar-refractivity contribution in [2.75, 3.05) is 23.9 Å². The summed E-state index contributed by atoms with van der Waals surface area (Å²) in [4.78, 5) is 15.1. The zero-order valence-electron chi connectivity index (χ0n) is 17.6. The summed E-state index contributed by atoms with van der Waals surface area (Å²) in [5.41, 5.74) is 4.78. The van der Waals surface area contributed by atoms with Gasteiger partial charge in [-0.15, -0.1) is 11.6 Å². The number of hydrogen-bond acceptors (Lipinski definition) is 2. The Kier molecular flexibility index (Phi) is 8.00. The van der Waals surface area contributed by atoms with Gasteiger partial charge in [0.25, 0.3) is 0 Å². The summed E-state index contributed by atoms with van der Waals surface area (Å²) in [7, 11) is 0. The number of para-hydroxylation sites is 2. The van der Waals surface area contributed by atoms with Gasteiger partial charge in [0.15, 0.2) is 0 Å². The second-order valence-electron chi connectivity index (χ2n) is 8.25. The number of nitrogens with zero attached hydrogens (tertiary/aromatic N) is 1. The molecule has 0 spiro atoms. The van der Waals surface area contributed by atoms with Crippen LogP contribution in [0.3, 0.4) is 0 Å². The first kappa shape index (κ1) is 21.7. The second-order valence-corrected chi connectivity index (χ2v) is 8.63. The SMILES string of the molecule is CC(C)COc1ccccc1N(CCCCl)C(=O)Cc1ccc2c(c1)CCCC2. The smallest absolute Gasteiger partial charge is 0.231 e. The molecule has 2 aromatic rings. The van der Waals surface area contributed by atoms with Gasteiger partial charge in [0.05, 0.1) is 18.7 Å². The number of carbonyl (C=O) groups is 1. The summed E-state index contributed by atoms with van der Waals surface area (Å²) in [5, 5.41) is 0. The number of anilines is 1. The van der Waals surface area contributed by atoms with Crippen LogP contribution in [0.5, 0.6) is 5.75 Å². The molecule has 0 aromatic heterocycles. The van der Waals surface area contributed by atoms with Gasteiger partial charge >= 0.3 is 0 Å². The third-order valence-electron chi connectivity index (χ3n) is 5.31. The number of rotatable bonds is 9. The van der Waals surface area contributed by atoms with Gasteiger partial charge in [0.1, 0.15) is 5.75 Å². The molecule has 0 atom stereocenters. The van der Waals surface area contributed by atoms with Gasteiger partial charge in [-0.1, -0.05) is 44.2 Å². The molecule has 29 heavy (non-hydrogen) atoms. The molecule has 156 valence electrons. The largest absolute Gasteiger partial charge is 0.491 e. The van der Waals surface area contributed by atoms with Gasteiger partial charge in [0.2, 0.25) is 5.91 Å². The molecule has 3 rings (SSSR count). The Morgan fingerprint density at radius 2 is 1.86 bits per heavy atom. The second kappa shape index (κ2) is 10.7. The van der Waals surface area contributed by atoms with Gasteiger partial charge in [-0.3, -0.25) is 4.79 Å². The lowest BCUT2D eigenvalue weighted by atomic mass is 9.90. The van der Waals surface area contributed by atoms with Crippen LogP contribution in [-0.4, -0.2) is 24.9 Å². The predicted octanol–water partition coefficient (Wildman–Crippen LogP) is 5.80. The molecule has 0 heterocycles. The molecule has 1 amide bonds. The summed E-state index contributed by atoms with van der Waals surface area (Å²) >= 11 is 5.95. The number of amides is 1. The molecular weight excluding hydrogens is 382 g/mol. The molecule has 0 fully saturated rings. The predicted molar refractivity (Wildman–Crippen MR) is 121 cm³/mol. The summed E-state index contributed by atoms with van der Waals surface area (Å²) in [6, 6.07) is 14.4. The molecule has 4 heteroatoms. The number of ether oxygens (including phenoxy) is 1. The van der Waals surface area contributed by atoms with E-state index in [-0.39, 0.29) is 5.91 Å². The maximum absolute atomic E-state index is 13.3. The number of aryl methyl sites for hydroxylation is 2. The molecule has 0 aliphatic heterocycles. The van der Waals surface area contributed by atoms with E-state index in [1.54, 1.807) is 0 Å². The lowest BCUT2D eigenvalue weighted by Gasteiger charge is -2.26. The van der Waals surface area contributed by atoms with Crippen LogP contribution in [-0.2, 0) is 24.1 Å². The maximum atomic E-state index is 13.3. The van der Waals surface area contributed by atoms with Crippen molar-refractivity contribution in [1.29, 1.82) is 0 Å². The minimum atomic E-state index is 0.0893. The Labute approximate surface area is 180 Å². The molecule has 0 bridgehead atoms. The molecule has 0 saturated heterocycles. The summed E-state index contributed by atoms with van der Waals surface area (Å²) in [5.74, 6) is 1.80. The van der Waals surface area contributed by atoms with Crippen LogP contribution in [0.2, 0.25) is 0 Å². The van der Waals surface area contributed by atoms with Crippen molar-refractivity contribution < 1.29 is 9.53 Å². The summed E-state index contributed by atoms with van der Waals surface area (Å²) < 4.78 is 6.01.